The molecule has 1 N–H and O–H groups in total. The van der Waals surface area contributed by atoms with Crippen molar-refractivity contribution in [3.63, 3.8) is 0 Å². The number of carbonyl (C=O) groups is 1. The van der Waals surface area contributed by atoms with E-state index in [4.69, 9.17) is 9.84 Å². The molecule has 148 valence electrons. The van der Waals surface area contributed by atoms with Crippen LogP contribution in [0.3, 0.4) is 0 Å². The summed E-state index contributed by atoms with van der Waals surface area (Å²) in [6.07, 6.45) is 0.706. The van der Waals surface area contributed by atoms with Crippen molar-refractivity contribution in [2.75, 3.05) is 51.3 Å². The van der Waals surface area contributed by atoms with Gasteiger partial charge in [0.05, 0.1) is 19.0 Å². The molecule has 0 radical (unpaired) electrons. The van der Waals surface area contributed by atoms with E-state index in [2.05, 4.69) is 17.0 Å². The first-order valence-corrected chi connectivity index (χ1v) is 10.9. The van der Waals surface area contributed by atoms with Crippen LogP contribution in [0.15, 0.2) is 35.2 Å². The number of carboxylic acids is 1. The highest BCUT2D eigenvalue weighted by molar-refractivity contribution is 7.99. The Bertz CT molecular complexity index is 660. The van der Waals surface area contributed by atoms with Crippen LogP contribution in [-0.2, 0) is 19.6 Å². The maximum atomic E-state index is 11.7. The van der Waals surface area contributed by atoms with Crippen LogP contribution in [0, 0.1) is 0 Å². The van der Waals surface area contributed by atoms with Gasteiger partial charge in [0.25, 0.3) is 0 Å². The Kier molecular flexibility index (Phi) is 9.91. The zero-order valence-corrected chi connectivity index (χ0v) is 17.1. The van der Waals surface area contributed by atoms with Gasteiger partial charge in [-0.3, -0.25) is 9.69 Å². The fourth-order valence-corrected chi connectivity index (χ4v) is 4.32. The zero-order chi connectivity index (χ0) is 18.3. The fraction of sp³-hybridized carbons (Fsp3) is 0.562. The van der Waals surface area contributed by atoms with Crippen molar-refractivity contribution in [1.82, 2.24) is 9.21 Å². The number of ether oxygens (including phenoxy) is 1. The van der Waals surface area contributed by atoms with Crippen molar-refractivity contribution >= 4 is 40.2 Å². The van der Waals surface area contributed by atoms with E-state index < -0.39 is 22.5 Å². The Hall–Kier alpha value is -0.840. The minimum Gasteiger partial charge on any atom is -0.480 e. The third kappa shape index (κ3) is 8.24. The standard InChI is InChI=1S/C16H24N2O5S2.ClH/c1-25(21,22)18(13-16(19)20)12-14-11-17(7-9-23-14)8-10-24-15-5-3-2-4-6-15;/h2-6,14H,7-13H2,1H3,(H,19,20);1H. The molecule has 0 bridgehead atoms. The lowest BCUT2D eigenvalue weighted by molar-refractivity contribution is -0.137. The lowest BCUT2D eigenvalue weighted by Gasteiger charge is -2.34. The molecule has 1 unspecified atom stereocenters. The molecule has 1 heterocycles. The van der Waals surface area contributed by atoms with Gasteiger partial charge in [-0.2, -0.15) is 4.31 Å². The Morgan fingerprint density at radius 2 is 2.08 bits per heavy atom. The van der Waals surface area contributed by atoms with Gasteiger partial charge >= 0.3 is 5.97 Å². The van der Waals surface area contributed by atoms with E-state index in [1.54, 1.807) is 11.8 Å². The Morgan fingerprint density at radius 1 is 1.38 bits per heavy atom. The number of hydrogen-bond acceptors (Lipinski definition) is 6. The molecule has 0 saturated carbocycles. The van der Waals surface area contributed by atoms with E-state index >= 15 is 0 Å². The van der Waals surface area contributed by atoms with Crippen molar-refractivity contribution in [2.45, 2.75) is 11.0 Å². The van der Waals surface area contributed by atoms with E-state index in [9.17, 15) is 13.2 Å². The van der Waals surface area contributed by atoms with Gasteiger partial charge in [-0.1, -0.05) is 18.2 Å². The highest BCUT2D eigenvalue weighted by Gasteiger charge is 2.27. The molecule has 1 aromatic rings. The number of nitrogens with zero attached hydrogens (tertiary/aromatic N) is 2. The van der Waals surface area contributed by atoms with E-state index in [1.165, 1.54) is 4.90 Å². The van der Waals surface area contributed by atoms with Gasteiger partial charge in [-0.15, -0.1) is 24.2 Å². The van der Waals surface area contributed by atoms with Crippen molar-refractivity contribution in [2.24, 2.45) is 0 Å². The van der Waals surface area contributed by atoms with E-state index in [0.29, 0.717) is 13.2 Å². The minimum absolute atomic E-state index is 0. The molecule has 1 saturated heterocycles. The average molecular weight is 425 g/mol. The Labute approximate surface area is 165 Å². The number of carboxylic acid groups (broad SMARTS) is 1. The van der Waals surface area contributed by atoms with Crippen LogP contribution in [0.5, 0.6) is 0 Å². The number of aliphatic carboxylic acids is 1. The predicted octanol–water partition coefficient (Wildman–Crippen LogP) is 1.25. The number of morpholine rings is 1. The van der Waals surface area contributed by atoms with Crippen molar-refractivity contribution in [3.8, 4) is 0 Å². The third-order valence-electron chi connectivity index (χ3n) is 3.83. The smallest absolute Gasteiger partial charge is 0.318 e. The summed E-state index contributed by atoms with van der Waals surface area (Å²) in [6, 6.07) is 10.2. The topological polar surface area (TPSA) is 87.2 Å². The van der Waals surface area contributed by atoms with Gasteiger partial charge in [0.2, 0.25) is 10.0 Å². The summed E-state index contributed by atoms with van der Waals surface area (Å²) in [6.45, 7) is 2.31. The van der Waals surface area contributed by atoms with Crippen LogP contribution in [-0.4, -0.2) is 86.1 Å². The van der Waals surface area contributed by atoms with Crippen LogP contribution >= 0.6 is 24.2 Å². The summed E-state index contributed by atoms with van der Waals surface area (Å²) in [5.74, 6) is -0.237. The molecular weight excluding hydrogens is 400 g/mol. The molecule has 10 heteroatoms. The first kappa shape index (κ1) is 23.2. The molecular formula is C16H25ClN2O5S2. The van der Waals surface area contributed by atoms with Crippen molar-refractivity contribution in [1.29, 1.82) is 0 Å². The summed E-state index contributed by atoms with van der Waals surface area (Å²) < 4.78 is 30.1. The van der Waals surface area contributed by atoms with Gasteiger partial charge in [-0.05, 0) is 12.1 Å². The average Bonchev–Trinajstić information content (AvgIpc) is 2.54. The molecule has 1 aliphatic heterocycles. The number of hydrogen-bond donors (Lipinski definition) is 1. The fourth-order valence-electron chi connectivity index (χ4n) is 2.60. The molecule has 0 aromatic heterocycles. The second-order valence-electron chi connectivity index (χ2n) is 5.90. The van der Waals surface area contributed by atoms with E-state index in [0.717, 1.165) is 29.4 Å². The van der Waals surface area contributed by atoms with Gasteiger partial charge < -0.3 is 9.84 Å². The summed E-state index contributed by atoms with van der Waals surface area (Å²) in [5.41, 5.74) is 0. The van der Waals surface area contributed by atoms with Crippen LogP contribution in [0.25, 0.3) is 0 Å². The normalized spacial score (nSPS) is 18.5. The first-order chi connectivity index (χ1) is 11.8. The molecule has 1 atom stereocenters. The zero-order valence-electron chi connectivity index (χ0n) is 14.6. The second-order valence-corrected chi connectivity index (χ2v) is 9.05. The highest BCUT2D eigenvalue weighted by atomic mass is 35.5. The largest absolute Gasteiger partial charge is 0.480 e. The molecule has 1 fully saturated rings. The van der Waals surface area contributed by atoms with Crippen molar-refractivity contribution < 1.29 is 23.1 Å². The van der Waals surface area contributed by atoms with Gasteiger partial charge in [-0.25, -0.2) is 8.42 Å². The van der Waals surface area contributed by atoms with E-state index in [1.807, 2.05) is 18.2 Å². The molecule has 0 amide bonds. The monoisotopic (exact) mass is 424 g/mol. The van der Waals surface area contributed by atoms with E-state index in [-0.39, 0.29) is 25.1 Å². The SMILES string of the molecule is CS(=O)(=O)N(CC(=O)O)CC1CN(CCSc2ccccc2)CCO1.Cl. The Morgan fingerprint density at radius 3 is 2.69 bits per heavy atom. The first-order valence-electron chi connectivity index (χ1n) is 8.03. The Balaban J connectivity index is 0.00000338. The molecule has 2 rings (SSSR count). The lowest BCUT2D eigenvalue weighted by atomic mass is 10.2. The van der Waals surface area contributed by atoms with Crippen LogP contribution < -0.4 is 0 Å². The summed E-state index contributed by atoms with van der Waals surface area (Å²) in [5, 5.41) is 8.89. The number of rotatable bonds is 9. The number of halogens is 1. The molecule has 26 heavy (non-hydrogen) atoms. The van der Waals surface area contributed by atoms with Crippen LogP contribution in [0.1, 0.15) is 0 Å². The summed E-state index contributed by atoms with van der Waals surface area (Å²) in [7, 11) is -3.58. The van der Waals surface area contributed by atoms with Gasteiger partial charge in [0, 0.05) is 36.8 Å². The molecule has 0 spiro atoms. The van der Waals surface area contributed by atoms with Gasteiger partial charge in [0.15, 0.2) is 0 Å². The summed E-state index contributed by atoms with van der Waals surface area (Å²) >= 11 is 1.78. The number of thioether (sulfide) groups is 1. The molecule has 0 aliphatic carbocycles. The van der Waals surface area contributed by atoms with Crippen LogP contribution in [0.4, 0.5) is 0 Å². The summed E-state index contributed by atoms with van der Waals surface area (Å²) in [4.78, 5) is 14.3. The highest BCUT2D eigenvalue weighted by Crippen LogP contribution is 2.17. The van der Waals surface area contributed by atoms with Crippen molar-refractivity contribution in [3.05, 3.63) is 30.3 Å². The second kappa shape index (κ2) is 11.1. The quantitative estimate of drug-likeness (QED) is 0.597. The number of sulfonamides is 1. The lowest BCUT2D eigenvalue weighted by Crippen LogP contribution is -2.50. The molecule has 1 aromatic carbocycles. The van der Waals surface area contributed by atoms with Gasteiger partial charge in [0.1, 0.15) is 6.54 Å². The third-order valence-corrected chi connectivity index (χ3v) is 6.04. The number of benzene rings is 1. The molecule has 1 aliphatic rings. The maximum Gasteiger partial charge on any atom is 0.318 e. The molecule has 7 nitrogen and oxygen atoms in total. The predicted molar refractivity (Wildman–Crippen MR) is 105 cm³/mol. The maximum absolute atomic E-state index is 11.7. The minimum atomic E-state index is -3.58. The van der Waals surface area contributed by atoms with Crippen LogP contribution in [0.2, 0.25) is 0 Å².